The molecule has 2 heterocycles. The molecule has 0 unspecified atom stereocenters. The SMILES string of the molecule is Cc1nn(Cc2ccccc2)c(C)c1NC(=O)C(C)(C)n1cc([N+](=O)[O-])cn1. The van der Waals surface area contributed by atoms with Crippen LogP contribution in [0.4, 0.5) is 11.4 Å². The minimum Gasteiger partial charge on any atom is -0.321 e. The summed E-state index contributed by atoms with van der Waals surface area (Å²) in [5.74, 6) is -0.337. The third-order valence-electron chi connectivity index (χ3n) is 4.70. The van der Waals surface area contributed by atoms with Crippen LogP contribution in [0.1, 0.15) is 30.8 Å². The van der Waals surface area contributed by atoms with Crippen LogP contribution < -0.4 is 5.32 Å². The highest BCUT2D eigenvalue weighted by molar-refractivity contribution is 5.97. The van der Waals surface area contributed by atoms with Gasteiger partial charge < -0.3 is 5.32 Å². The van der Waals surface area contributed by atoms with Gasteiger partial charge >= 0.3 is 5.69 Å². The number of nitro groups is 1. The molecule has 0 fully saturated rings. The molecule has 9 heteroatoms. The molecule has 0 aliphatic carbocycles. The van der Waals surface area contributed by atoms with E-state index in [2.05, 4.69) is 15.5 Å². The Hall–Kier alpha value is -3.49. The Morgan fingerprint density at radius 2 is 1.93 bits per heavy atom. The Labute approximate surface area is 162 Å². The molecule has 0 atom stereocenters. The van der Waals surface area contributed by atoms with Gasteiger partial charge in [-0.15, -0.1) is 0 Å². The number of hydrogen-bond acceptors (Lipinski definition) is 5. The Morgan fingerprint density at radius 1 is 1.25 bits per heavy atom. The Balaban J connectivity index is 1.82. The molecule has 9 nitrogen and oxygen atoms in total. The van der Waals surface area contributed by atoms with E-state index in [1.54, 1.807) is 13.8 Å². The summed E-state index contributed by atoms with van der Waals surface area (Å²) in [5.41, 5.74) is 1.99. The second kappa shape index (κ2) is 7.26. The topological polar surface area (TPSA) is 108 Å². The van der Waals surface area contributed by atoms with Crippen LogP contribution in [0.3, 0.4) is 0 Å². The minimum atomic E-state index is -1.12. The van der Waals surface area contributed by atoms with Gasteiger partial charge in [-0.3, -0.25) is 24.3 Å². The molecule has 1 amide bonds. The fraction of sp³-hybridized carbons (Fsp3) is 0.316. The quantitative estimate of drug-likeness (QED) is 0.521. The van der Waals surface area contributed by atoms with Crippen molar-refractivity contribution in [2.75, 3.05) is 5.32 Å². The number of nitrogens with one attached hydrogen (secondary N) is 1. The third-order valence-corrected chi connectivity index (χ3v) is 4.70. The molecular weight excluding hydrogens is 360 g/mol. The van der Waals surface area contributed by atoms with E-state index in [0.29, 0.717) is 17.9 Å². The fourth-order valence-electron chi connectivity index (χ4n) is 2.87. The van der Waals surface area contributed by atoms with Crippen molar-refractivity contribution in [3.05, 3.63) is 69.8 Å². The van der Waals surface area contributed by atoms with Crippen molar-refractivity contribution in [2.45, 2.75) is 39.8 Å². The number of nitrogens with zero attached hydrogens (tertiary/aromatic N) is 5. The van der Waals surface area contributed by atoms with E-state index in [1.165, 1.54) is 10.9 Å². The molecule has 0 aliphatic heterocycles. The van der Waals surface area contributed by atoms with Crippen molar-refractivity contribution in [3.8, 4) is 0 Å². The number of aromatic nitrogens is 4. The van der Waals surface area contributed by atoms with E-state index in [9.17, 15) is 14.9 Å². The number of carbonyl (C=O) groups is 1. The van der Waals surface area contributed by atoms with Crippen LogP contribution in [0.15, 0.2) is 42.7 Å². The lowest BCUT2D eigenvalue weighted by molar-refractivity contribution is -0.385. The maximum atomic E-state index is 12.9. The molecule has 3 rings (SSSR count). The zero-order valence-corrected chi connectivity index (χ0v) is 16.2. The Morgan fingerprint density at radius 3 is 2.54 bits per heavy atom. The summed E-state index contributed by atoms with van der Waals surface area (Å²) in [6, 6.07) is 9.92. The molecule has 1 N–H and O–H groups in total. The number of rotatable bonds is 6. The number of amides is 1. The smallest absolute Gasteiger partial charge is 0.307 e. The second-order valence-electron chi connectivity index (χ2n) is 7.10. The van der Waals surface area contributed by atoms with Crippen LogP contribution in [0.5, 0.6) is 0 Å². The van der Waals surface area contributed by atoms with Crippen molar-refractivity contribution in [2.24, 2.45) is 0 Å². The summed E-state index contributed by atoms with van der Waals surface area (Å²) in [6.45, 7) is 7.62. The molecule has 0 bridgehead atoms. The van der Waals surface area contributed by atoms with Crippen molar-refractivity contribution >= 4 is 17.3 Å². The lowest BCUT2D eigenvalue weighted by Crippen LogP contribution is -2.40. The molecule has 28 heavy (non-hydrogen) atoms. The van der Waals surface area contributed by atoms with Crippen molar-refractivity contribution in [3.63, 3.8) is 0 Å². The van der Waals surface area contributed by atoms with Gasteiger partial charge in [0, 0.05) is 0 Å². The summed E-state index contributed by atoms with van der Waals surface area (Å²) < 4.78 is 3.13. The summed E-state index contributed by atoms with van der Waals surface area (Å²) in [4.78, 5) is 23.2. The van der Waals surface area contributed by atoms with E-state index >= 15 is 0 Å². The molecule has 0 saturated heterocycles. The van der Waals surface area contributed by atoms with Crippen LogP contribution in [0, 0.1) is 24.0 Å². The zero-order chi connectivity index (χ0) is 20.5. The standard InChI is InChI=1S/C19H22N6O3/c1-13-17(14(2)23(22-13)11-15-8-6-5-7-9-15)21-18(26)19(3,4)24-12-16(10-20-24)25(27)28/h5-10,12H,11H2,1-4H3,(H,21,26). The van der Waals surface area contributed by atoms with Gasteiger partial charge in [0.1, 0.15) is 17.9 Å². The van der Waals surface area contributed by atoms with Crippen molar-refractivity contribution in [1.29, 1.82) is 0 Å². The Kier molecular flexibility index (Phi) is 5.00. The van der Waals surface area contributed by atoms with E-state index in [1.807, 2.05) is 48.9 Å². The maximum absolute atomic E-state index is 12.9. The first-order chi connectivity index (χ1) is 13.2. The summed E-state index contributed by atoms with van der Waals surface area (Å²) in [5, 5.41) is 22.3. The molecule has 0 aliphatic rings. The molecule has 0 saturated carbocycles. The molecule has 2 aromatic heterocycles. The molecule has 1 aromatic carbocycles. The summed E-state index contributed by atoms with van der Waals surface area (Å²) in [6.07, 6.45) is 2.38. The van der Waals surface area contributed by atoms with Crippen LogP contribution in [0.2, 0.25) is 0 Å². The number of aryl methyl sites for hydroxylation is 1. The molecule has 146 valence electrons. The minimum absolute atomic E-state index is 0.163. The highest BCUT2D eigenvalue weighted by atomic mass is 16.6. The first-order valence-corrected chi connectivity index (χ1v) is 8.79. The van der Waals surface area contributed by atoms with Gasteiger partial charge in [0.05, 0.1) is 28.5 Å². The highest BCUT2D eigenvalue weighted by Gasteiger charge is 2.33. The molecular formula is C19H22N6O3. The van der Waals surface area contributed by atoms with Gasteiger partial charge in [-0.1, -0.05) is 30.3 Å². The number of hydrogen-bond donors (Lipinski definition) is 1. The Bertz CT molecular complexity index is 1020. The van der Waals surface area contributed by atoms with Gasteiger partial charge in [0.25, 0.3) is 5.91 Å². The normalized spacial score (nSPS) is 11.4. The predicted octanol–water partition coefficient (Wildman–Crippen LogP) is 3.03. The third kappa shape index (κ3) is 3.64. The average Bonchev–Trinajstić information content (AvgIpc) is 3.25. The van der Waals surface area contributed by atoms with Crippen molar-refractivity contribution in [1.82, 2.24) is 19.6 Å². The van der Waals surface area contributed by atoms with E-state index < -0.39 is 10.5 Å². The highest BCUT2D eigenvalue weighted by Crippen LogP contribution is 2.25. The van der Waals surface area contributed by atoms with Gasteiger partial charge in [0.2, 0.25) is 0 Å². The fourth-order valence-corrected chi connectivity index (χ4v) is 2.87. The first-order valence-electron chi connectivity index (χ1n) is 8.79. The van der Waals surface area contributed by atoms with Crippen LogP contribution >= 0.6 is 0 Å². The average molecular weight is 382 g/mol. The van der Waals surface area contributed by atoms with Crippen LogP contribution in [-0.4, -0.2) is 30.4 Å². The van der Waals surface area contributed by atoms with Gasteiger partial charge in [0.15, 0.2) is 0 Å². The molecule has 0 radical (unpaired) electrons. The van der Waals surface area contributed by atoms with Crippen molar-refractivity contribution < 1.29 is 9.72 Å². The summed E-state index contributed by atoms with van der Waals surface area (Å²) in [7, 11) is 0. The lowest BCUT2D eigenvalue weighted by Gasteiger charge is -2.24. The van der Waals surface area contributed by atoms with Crippen LogP contribution in [0.25, 0.3) is 0 Å². The van der Waals surface area contributed by atoms with Crippen LogP contribution in [-0.2, 0) is 16.9 Å². The first kappa shape index (κ1) is 19.3. The number of anilines is 1. The largest absolute Gasteiger partial charge is 0.321 e. The number of carbonyl (C=O) groups excluding carboxylic acids is 1. The van der Waals surface area contributed by atoms with Gasteiger partial charge in [-0.05, 0) is 33.3 Å². The molecule has 0 spiro atoms. The predicted molar refractivity (Wildman–Crippen MR) is 104 cm³/mol. The monoisotopic (exact) mass is 382 g/mol. The van der Waals surface area contributed by atoms with E-state index in [4.69, 9.17) is 0 Å². The van der Waals surface area contributed by atoms with E-state index in [-0.39, 0.29) is 11.6 Å². The number of benzene rings is 1. The summed E-state index contributed by atoms with van der Waals surface area (Å²) >= 11 is 0. The lowest BCUT2D eigenvalue weighted by atomic mass is 10.0. The van der Waals surface area contributed by atoms with E-state index in [0.717, 1.165) is 17.5 Å². The molecule has 3 aromatic rings. The van der Waals surface area contributed by atoms with Gasteiger partial charge in [-0.2, -0.15) is 10.2 Å². The second-order valence-corrected chi connectivity index (χ2v) is 7.10. The zero-order valence-electron chi connectivity index (χ0n) is 16.2. The maximum Gasteiger partial charge on any atom is 0.307 e. The van der Waals surface area contributed by atoms with Gasteiger partial charge in [-0.25, -0.2) is 0 Å².